The van der Waals surface area contributed by atoms with Crippen molar-refractivity contribution >= 4 is 17.6 Å². The van der Waals surface area contributed by atoms with Crippen LogP contribution < -0.4 is 10.1 Å². The van der Waals surface area contributed by atoms with Crippen molar-refractivity contribution in [1.82, 2.24) is 9.97 Å². The molecule has 1 aromatic heterocycles. The fourth-order valence-electron chi connectivity index (χ4n) is 1.61. The molecular formula is C15H16N4OS. The molecule has 1 heterocycles. The lowest BCUT2D eigenvalue weighted by Crippen LogP contribution is -2.04. The van der Waals surface area contributed by atoms with E-state index in [1.165, 1.54) is 11.8 Å². The Hall–Kier alpha value is -2.26. The normalized spacial score (nSPS) is 9.95. The average molecular weight is 300 g/mol. The van der Waals surface area contributed by atoms with E-state index < -0.39 is 0 Å². The molecule has 0 fully saturated rings. The van der Waals surface area contributed by atoms with Gasteiger partial charge in [-0.2, -0.15) is 10.2 Å². The number of hydrogen-bond donors (Lipinski definition) is 1. The molecule has 6 heteroatoms. The van der Waals surface area contributed by atoms with Gasteiger partial charge in [-0.1, -0.05) is 18.7 Å². The van der Waals surface area contributed by atoms with Crippen LogP contribution in [0, 0.1) is 11.3 Å². The molecule has 0 saturated carbocycles. The highest BCUT2D eigenvalue weighted by Crippen LogP contribution is 2.24. The van der Waals surface area contributed by atoms with Crippen LogP contribution in [0.4, 0.5) is 5.82 Å². The van der Waals surface area contributed by atoms with Gasteiger partial charge in [-0.05, 0) is 36.9 Å². The van der Waals surface area contributed by atoms with Gasteiger partial charge >= 0.3 is 0 Å². The van der Waals surface area contributed by atoms with Crippen LogP contribution in [0.5, 0.6) is 11.6 Å². The Morgan fingerprint density at radius 3 is 2.67 bits per heavy atom. The summed E-state index contributed by atoms with van der Waals surface area (Å²) in [5.41, 5.74) is 0.597. The molecule has 2 rings (SSSR count). The van der Waals surface area contributed by atoms with Crippen molar-refractivity contribution in [3.63, 3.8) is 0 Å². The van der Waals surface area contributed by atoms with Crippen LogP contribution in [-0.2, 0) is 0 Å². The number of nitriles is 1. The first-order valence-electron chi connectivity index (χ1n) is 6.60. The number of hydrogen-bond acceptors (Lipinski definition) is 6. The predicted octanol–water partition coefficient (Wildman–Crippen LogP) is 3.68. The largest absolute Gasteiger partial charge is 0.439 e. The maximum Gasteiger partial charge on any atom is 0.225 e. The SMILES string of the molecule is CCCNc1cc(Oc2ccc(C#N)cc2)nc(SC)n1. The van der Waals surface area contributed by atoms with Crippen molar-refractivity contribution in [3.8, 4) is 17.7 Å². The Balaban J connectivity index is 2.19. The standard InChI is InChI=1S/C15H16N4OS/c1-3-8-17-13-9-14(19-15(18-13)21-2)20-12-6-4-11(10-16)5-7-12/h4-7,9H,3,8H2,1-2H3,(H,17,18,19). The molecule has 0 amide bonds. The maximum atomic E-state index is 8.78. The molecule has 0 aliphatic heterocycles. The average Bonchev–Trinajstić information content (AvgIpc) is 2.53. The number of anilines is 1. The Morgan fingerprint density at radius 2 is 2.05 bits per heavy atom. The minimum absolute atomic E-state index is 0.484. The van der Waals surface area contributed by atoms with Crippen LogP contribution in [0.25, 0.3) is 0 Å². The Bertz CT molecular complexity index is 637. The molecule has 0 bridgehead atoms. The van der Waals surface area contributed by atoms with Gasteiger partial charge in [0.05, 0.1) is 11.6 Å². The fourth-order valence-corrected chi connectivity index (χ4v) is 1.98. The molecular weight excluding hydrogens is 284 g/mol. The summed E-state index contributed by atoms with van der Waals surface area (Å²) in [6.45, 7) is 2.94. The van der Waals surface area contributed by atoms with Gasteiger partial charge in [0, 0.05) is 12.6 Å². The molecule has 108 valence electrons. The van der Waals surface area contributed by atoms with E-state index in [1.807, 2.05) is 6.26 Å². The van der Waals surface area contributed by atoms with E-state index in [-0.39, 0.29) is 0 Å². The molecule has 1 N–H and O–H groups in total. The molecule has 0 atom stereocenters. The van der Waals surface area contributed by atoms with E-state index in [0.29, 0.717) is 22.3 Å². The molecule has 0 saturated heterocycles. The molecule has 2 aromatic rings. The minimum Gasteiger partial charge on any atom is -0.439 e. The van der Waals surface area contributed by atoms with Gasteiger partial charge in [0.2, 0.25) is 5.88 Å². The van der Waals surface area contributed by atoms with E-state index in [1.54, 1.807) is 30.3 Å². The molecule has 0 aliphatic rings. The van der Waals surface area contributed by atoms with Gasteiger partial charge in [0.25, 0.3) is 0 Å². The molecule has 21 heavy (non-hydrogen) atoms. The molecule has 0 spiro atoms. The third-order valence-corrected chi connectivity index (χ3v) is 3.17. The second-order valence-corrected chi connectivity index (χ2v) is 5.02. The van der Waals surface area contributed by atoms with E-state index >= 15 is 0 Å². The van der Waals surface area contributed by atoms with Crippen molar-refractivity contribution in [2.75, 3.05) is 18.1 Å². The maximum absolute atomic E-state index is 8.78. The van der Waals surface area contributed by atoms with E-state index in [4.69, 9.17) is 10.00 Å². The van der Waals surface area contributed by atoms with Crippen molar-refractivity contribution in [1.29, 1.82) is 5.26 Å². The third-order valence-electron chi connectivity index (χ3n) is 2.63. The number of rotatable bonds is 6. The van der Waals surface area contributed by atoms with E-state index in [2.05, 4.69) is 28.3 Å². The van der Waals surface area contributed by atoms with Crippen LogP contribution in [0.1, 0.15) is 18.9 Å². The molecule has 0 unspecified atom stereocenters. The van der Waals surface area contributed by atoms with Gasteiger partial charge in [-0.15, -0.1) is 0 Å². The lowest BCUT2D eigenvalue weighted by atomic mass is 10.2. The molecule has 1 aromatic carbocycles. The number of thioether (sulfide) groups is 1. The van der Waals surface area contributed by atoms with Crippen LogP contribution in [-0.4, -0.2) is 22.8 Å². The quantitative estimate of drug-likeness (QED) is 0.648. The second-order valence-electron chi connectivity index (χ2n) is 4.24. The highest BCUT2D eigenvalue weighted by atomic mass is 32.2. The van der Waals surface area contributed by atoms with Crippen molar-refractivity contribution < 1.29 is 4.74 Å². The second kappa shape index (κ2) is 7.50. The van der Waals surface area contributed by atoms with Crippen molar-refractivity contribution in [3.05, 3.63) is 35.9 Å². The third kappa shape index (κ3) is 4.36. The number of ether oxygens (including phenoxy) is 1. The van der Waals surface area contributed by atoms with Crippen LogP contribution in [0.2, 0.25) is 0 Å². The highest BCUT2D eigenvalue weighted by Gasteiger charge is 2.06. The van der Waals surface area contributed by atoms with Gasteiger partial charge in [0.1, 0.15) is 11.6 Å². The Morgan fingerprint density at radius 1 is 1.29 bits per heavy atom. The van der Waals surface area contributed by atoms with Crippen molar-refractivity contribution in [2.24, 2.45) is 0 Å². The molecule has 5 nitrogen and oxygen atoms in total. The van der Waals surface area contributed by atoms with Gasteiger partial charge in [-0.3, -0.25) is 0 Å². The summed E-state index contributed by atoms with van der Waals surface area (Å²) in [5.74, 6) is 1.87. The topological polar surface area (TPSA) is 70.8 Å². The van der Waals surface area contributed by atoms with E-state index in [0.717, 1.165) is 18.8 Å². The zero-order valence-corrected chi connectivity index (χ0v) is 12.8. The molecule has 0 radical (unpaired) electrons. The Labute approximate surface area is 128 Å². The van der Waals surface area contributed by atoms with Crippen molar-refractivity contribution in [2.45, 2.75) is 18.5 Å². The van der Waals surface area contributed by atoms with Gasteiger partial charge in [-0.25, -0.2) is 4.98 Å². The first kappa shape index (κ1) is 15.1. The summed E-state index contributed by atoms with van der Waals surface area (Å²) in [6, 6.07) is 10.8. The zero-order valence-electron chi connectivity index (χ0n) is 12.0. The first-order chi connectivity index (χ1) is 10.2. The predicted molar refractivity (Wildman–Crippen MR) is 83.8 cm³/mol. The highest BCUT2D eigenvalue weighted by molar-refractivity contribution is 7.98. The van der Waals surface area contributed by atoms with Crippen LogP contribution >= 0.6 is 11.8 Å². The number of aromatic nitrogens is 2. The summed E-state index contributed by atoms with van der Waals surface area (Å²) in [6.07, 6.45) is 2.94. The van der Waals surface area contributed by atoms with Gasteiger partial charge in [0.15, 0.2) is 5.16 Å². The Kier molecular flexibility index (Phi) is 5.41. The minimum atomic E-state index is 0.484. The monoisotopic (exact) mass is 300 g/mol. The number of nitrogens with one attached hydrogen (secondary N) is 1. The summed E-state index contributed by atoms with van der Waals surface area (Å²) >= 11 is 1.46. The summed E-state index contributed by atoms with van der Waals surface area (Å²) < 4.78 is 5.73. The first-order valence-corrected chi connectivity index (χ1v) is 7.82. The van der Waals surface area contributed by atoms with Crippen LogP contribution in [0.3, 0.4) is 0 Å². The number of benzene rings is 1. The van der Waals surface area contributed by atoms with Gasteiger partial charge < -0.3 is 10.1 Å². The summed E-state index contributed by atoms with van der Waals surface area (Å²) in [4.78, 5) is 8.70. The van der Waals surface area contributed by atoms with E-state index in [9.17, 15) is 0 Å². The smallest absolute Gasteiger partial charge is 0.225 e. The molecule has 0 aliphatic carbocycles. The lowest BCUT2D eigenvalue weighted by molar-refractivity contribution is 0.456. The lowest BCUT2D eigenvalue weighted by Gasteiger charge is -2.09. The summed E-state index contributed by atoms with van der Waals surface area (Å²) in [7, 11) is 0. The fraction of sp³-hybridized carbons (Fsp3) is 0.267. The van der Waals surface area contributed by atoms with Crippen LogP contribution in [0.15, 0.2) is 35.5 Å². The zero-order chi connectivity index (χ0) is 15.1. The summed E-state index contributed by atoms with van der Waals surface area (Å²) in [5, 5.41) is 12.7. The number of nitrogens with zero attached hydrogens (tertiary/aromatic N) is 3.